The van der Waals surface area contributed by atoms with E-state index in [9.17, 15) is 13.6 Å². The predicted molar refractivity (Wildman–Crippen MR) is 123 cm³/mol. The summed E-state index contributed by atoms with van der Waals surface area (Å²) in [5.41, 5.74) is 0.582. The lowest BCUT2D eigenvalue weighted by molar-refractivity contribution is 0.391. The zero-order valence-corrected chi connectivity index (χ0v) is 19.6. The number of thioether (sulfide) groups is 1. The number of hydrogen-bond acceptors (Lipinski definition) is 6. The van der Waals surface area contributed by atoms with Crippen molar-refractivity contribution < 1.29 is 18.3 Å². The maximum Gasteiger partial charge on any atom is 0.332 e. The maximum absolute atomic E-state index is 14.7. The van der Waals surface area contributed by atoms with E-state index in [2.05, 4.69) is 15.0 Å². The molecular formula is C22H19ClF2N4O3S. The van der Waals surface area contributed by atoms with Crippen LogP contribution in [-0.2, 0) is 4.75 Å². The fraction of sp³-hybridized carbons (Fsp3) is 0.227. The number of nitrogens with zero attached hydrogens (tertiary/aromatic N) is 3. The number of aromatic amines is 1. The van der Waals surface area contributed by atoms with Gasteiger partial charge < -0.3 is 9.47 Å². The SMILES string of the molecule is COc1ccc(F)c(F)c1C(C)(C)Sc1ccc(Cl)c(-n2c(=O)[nH]c3c(OC)ncnc32)c1. The van der Waals surface area contributed by atoms with Gasteiger partial charge in [0.15, 0.2) is 17.3 Å². The molecule has 2 heterocycles. The van der Waals surface area contributed by atoms with Gasteiger partial charge in [-0.2, -0.15) is 4.98 Å². The van der Waals surface area contributed by atoms with Gasteiger partial charge >= 0.3 is 5.69 Å². The van der Waals surface area contributed by atoms with E-state index in [0.29, 0.717) is 21.1 Å². The third-order valence-corrected chi connectivity index (χ3v) is 6.57. The van der Waals surface area contributed by atoms with E-state index >= 15 is 0 Å². The summed E-state index contributed by atoms with van der Waals surface area (Å²) in [6.07, 6.45) is 1.28. The van der Waals surface area contributed by atoms with Crippen LogP contribution in [0.4, 0.5) is 8.78 Å². The highest BCUT2D eigenvalue weighted by Crippen LogP contribution is 2.46. The first kappa shape index (κ1) is 23.1. The average Bonchev–Trinajstić information content (AvgIpc) is 3.12. The summed E-state index contributed by atoms with van der Waals surface area (Å²) in [4.78, 5) is 24.3. The Hall–Kier alpha value is -3.11. The van der Waals surface area contributed by atoms with Crippen molar-refractivity contribution in [2.45, 2.75) is 23.5 Å². The summed E-state index contributed by atoms with van der Waals surface area (Å²) >= 11 is 7.69. The lowest BCUT2D eigenvalue weighted by atomic mass is 10.00. The number of hydrogen-bond donors (Lipinski definition) is 1. The third kappa shape index (κ3) is 4.04. The monoisotopic (exact) mass is 492 g/mol. The molecule has 0 unspecified atom stereocenters. The number of fused-ring (bicyclic) bond motifs is 1. The Morgan fingerprint density at radius 2 is 1.88 bits per heavy atom. The van der Waals surface area contributed by atoms with Crippen molar-refractivity contribution in [3.63, 3.8) is 0 Å². The molecule has 2 aromatic carbocycles. The molecule has 2 aromatic heterocycles. The van der Waals surface area contributed by atoms with Crippen LogP contribution in [0.3, 0.4) is 0 Å². The van der Waals surface area contributed by atoms with Crippen molar-refractivity contribution in [2.75, 3.05) is 14.2 Å². The van der Waals surface area contributed by atoms with Gasteiger partial charge in [0, 0.05) is 15.2 Å². The topological polar surface area (TPSA) is 82.0 Å². The van der Waals surface area contributed by atoms with Crippen LogP contribution in [0.1, 0.15) is 19.4 Å². The van der Waals surface area contributed by atoms with Gasteiger partial charge in [-0.3, -0.25) is 4.98 Å². The van der Waals surface area contributed by atoms with E-state index in [-0.39, 0.29) is 22.8 Å². The van der Waals surface area contributed by atoms with Crippen molar-refractivity contribution in [3.05, 3.63) is 69.4 Å². The van der Waals surface area contributed by atoms with Gasteiger partial charge in [0.25, 0.3) is 0 Å². The molecule has 0 aliphatic rings. The molecule has 0 fully saturated rings. The summed E-state index contributed by atoms with van der Waals surface area (Å²) in [6.45, 7) is 3.50. The molecule has 4 aromatic rings. The minimum atomic E-state index is -0.974. The lowest BCUT2D eigenvalue weighted by Gasteiger charge is -2.27. The Bertz CT molecular complexity index is 1420. The molecule has 0 aliphatic carbocycles. The lowest BCUT2D eigenvalue weighted by Crippen LogP contribution is -2.18. The van der Waals surface area contributed by atoms with Crippen LogP contribution in [0.15, 0.2) is 46.3 Å². The van der Waals surface area contributed by atoms with Crippen LogP contribution in [0.25, 0.3) is 16.9 Å². The molecule has 0 spiro atoms. The van der Waals surface area contributed by atoms with E-state index in [4.69, 9.17) is 21.1 Å². The molecule has 0 bridgehead atoms. The van der Waals surface area contributed by atoms with Crippen LogP contribution in [0, 0.1) is 11.6 Å². The van der Waals surface area contributed by atoms with Crippen LogP contribution in [0.2, 0.25) is 5.02 Å². The van der Waals surface area contributed by atoms with Crippen molar-refractivity contribution >= 4 is 34.5 Å². The number of aromatic nitrogens is 4. The second kappa shape index (κ2) is 8.68. The molecule has 0 radical (unpaired) electrons. The standard InChI is InChI=1S/C22H19ClF2N4O3S/c1-22(2,16-15(31-3)8-7-13(24)17(16)25)33-11-5-6-12(23)14(9-11)29-19-18(28-21(29)30)20(32-4)27-10-26-19/h5-10H,1-4H3,(H,28,30). The zero-order valence-electron chi connectivity index (χ0n) is 18.1. The molecule has 0 saturated carbocycles. The summed E-state index contributed by atoms with van der Waals surface area (Å²) < 4.78 is 39.6. The number of benzene rings is 2. The third-order valence-electron chi connectivity index (χ3n) is 5.04. The van der Waals surface area contributed by atoms with Crippen LogP contribution < -0.4 is 15.2 Å². The fourth-order valence-corrected chi connectivity index (χ4v) is 5.00. The average molecular weight is 493 g/mol. The highest BCUT2D eigenvalue weighted by molar-refractivity contribution is 8.00. The molecular weight excluding hydrogens is 474 g/mol. The van der Waals surface area contributed by atoms with E-state index in [1.807, 2.05) is 0 Å². The second-order valence-electron chi connectivity index (χ2n) is 7.51. The van der Waals surface area contributed by atoms with Gasteiger partial charge in [-0.25, -0.2) is 23.1 Å². The van der Waals surface area contributed by atoms with Gasteiger partial charge in [-0.05, 0) is 44.2 Å². The van der Waals surface area contributed by atoms with Crippen LogP contribution in [-0.4, -0.2) is 33.7 Å². The summed E-state index contributed by atoms with van der Waals surface area (Å²) in [5.74, 6) is -1.49. The van der Waals surface area contributed by atoms with Crippen molar-refractivity contribution in [1.29, 1.82) is 0 Å². The smallest absolute Gasteiger partial charge is 0.332 e. The largest absolute Gasteiger partial charge is 0.496 e. The van der Waals surface area contributed by atoms with Crippen LogP contribution in [0.5, 0.6) is 11.6 Å². The molecule has 1 N–H and O–H groups in total. The molecule has 4 rings (SSSR count). The van der Waals surface area contributed by atoms with Gasteiger partial charge in [-0.1, -0.05) is 11.6 Å². The van der Waals surface area contributed by atoms with Gasteiger partial charge in [0.1, 0.15) is 17.6 Å². The molecule has 172 valence electrons. The van der Waals surface area contributed by atoms with Crippen molar-refractivity contribution in [1.82, 2.24) is 19.5 Å². The predicted octanol–water partition coefficient (Wildman–Crippen LogP) is 5.09. The number of imidazole rings is 1. The number of halogens is 3. The molecule has 0 amide bonds. The number of rotatable bonds is 6. The minimum Gasteiger partial charge on any atom is -0.496 e. The molecule has 0 saturated heterocycles. The Morgan fingerprint density at radius 1 is 1.12 bits per heavy atom. The first-order chi connectivity index (χ1) is 15.7. The number of ether oxygens (including phenoxy) is 2. The maximum atomic E-state index is 14.7. The molecule has 33 heavy (non-hydrogen) atoms. The summed E-state index contributed by atoms with van der Waals surface area (Å²) in [6, 6.07) is 7.46. The summed E-state index contributed by atoms with van der Waals surface area (Å²) in [5, 5.41) is 0.298. The Balaban J connectivity index is 1.82. The Morgan fingerprint density at radius 3 is 2.58 bits per heavy atom. The van der Waals surface area contributed by atoms with E-state index in [0.717, 1.165) is 6.07 Å². The highest BCUT2D eigenvalue weighted by Gasteiger charge is 2.31. The van der Waals surface area contributed by atoms with Gasteiger partial charge in [0.2, 0.25) is 5.88 Å². The van der Waals surface area contributed by atoms with E-state index in [1.165, 1.54) is 42.9 Å². The van der Waals surface area contributed by atoms with Crippen molar-refractivity contribution in [2.24, 2.45) is 0 Å². The fourth-order valence-electron chi connectivity index (χ4n) is 3.61. The van der Waals surface area contributed by atoms with Crippen molar-refractivity contribution in [3.8, 4) is 17.3 Å². The molecule has 0 atom stereocenters. The van der Waals surface area contributed by atoms with Gasteiger partial charge in [0.05, 0.1) is 24.9 Å². The first-order valence-corrected chi connectivity index (χ1v) is 10.9. The molecule has 7 nitrogen and oxygen atoms in total. The second-order valence-corrected chi connectivity index (χ2v) is 9.61. The Labute approximate surface area is 196 Å². The number of methoxy groups -OCH3 is 2. The van der Waals surface area contributed by atoms with Crippen LogP contribution >= 0.6 is 23.4 Å². The Kier molecular flexibility index (Phi) is 6.06. The quantitative estimate of drug-likeness (QED) is 0.378. The van der Waals surface area contributed by atoms with Gasteiger partial charge in [-0.15, -0.1) is 11.8 Å². The zero-order chi connectivity index (χ0) is 23.9. The molecule has 11 heteroatoms. The normalized spacial score (nSPS) is 11.7. The van der Waals surface area contributed by atoms with E-state index < -0.39 is 22.1 Å². The molecule has 0 aliphatic heterocycles. The number of H-pyrrole nitrogens is 1. The minimum absolute atomic E-state index is 0.0910. The number of nitrogens with one attached hydrogen (secondary N) is 1. The first-order valence-electron chi connectivity index (χ1n) is 9.69. The highest BCUT2D eigenvalue weighted by atomic mass is 35.5. The van der Waals surface area contributed by atoms with E-state index in [1.54, 1.807) is 32.0 Å². The summed E-state index contributed by atoms with van der Waals surface area (Å²) in [7, 11) is 2.83.